The Morgan fingerprint density at radius 3 is 2.09 bits per heavy atom. The van der Waals surface area contributed by atoms with E-state index in [0.717, 1.165) is 38.5 Å². The second kappa shape index (κ2) is 28.4. The molecule has 1 saturated carbocycles. The van der Waals surface area contributed by atoms with Crippen LogP contribution in [0.1, 0.15) is 126 Å². The van der Waals surface area contributed by atoms with Gasteiger partial charge in [0.2, 0.25) is 18.2 Å². The summed E-state index contributed by atoms with van der Waals surface area (Å²) in [6, 6.07) is -2.85. The molecule has 1 aliphatic carbocycles. The van der Waals surface area contributed by atoms with Crippen LogP contribution in [0.15, 0.2) is 12.7 Å². The number of hydrogen-bond donors (Lipinski definition) is 4. The maximum Gasteiger partial charge on any atom is 0.312 e. The van der Waals surface area contributed by atoms with Crippen molar-refractivity contribution in [2.45, 2.75) is 144 Å². The first-order valence-corrected chi connectivity index (χ1v) is 16.4. The van der Waals surface area contributed by atoms with Gasteiger partial charge in [0.1, 0.15) is 12.1 Å². The van der Waals surface area contributed by atoms with Gasteiger partial charge in [-0.05, 0) is 50.9 Å². The molecule has 0 spiro atoms. The Labute approximate surface area is 268 Å². The molecule has 10 heteroatoms. The average molecular weight is 622 g/mol. The van der Waals surface area contributed by atoms with E-state index in [4.69, 9.17) is 12.2 Å². The SMILES string of the molecule is C#CCCC(NC(=O)C1CCCN1C(=O)C(NC(N)=O)C1(C)CCCCC1)C(C)=O.C=CCCNC=O.CC.CC.CCC. The van der Waals surface area contributed by atoms with E-state index in [2.05, 4.69) is 42.3 Å². The highest BCUT2D eigenvalue weighted by Crippen LogP contribution is 2.40. The van der Waals surface area contributed by atoms with Crippen molar-refractivity contribution in [3.63, 3.8) is 0 Å². The van der Waals surface area contributed by atoms with E-state index < -0.39 is 29.6 Å². The molecular weight excluding hydrogens is 558 g/mol. The molecule has 254 valence electrons. The van der Waals surface area contributed by atoms with Gasteiger partial charge in [0, 0.05) is 19.5 Å². The van der Waals surface area contributed by atoms with E-state index in [1.54, 1.807) is 6.08 Å². The number of Topliss-reactive ketones (excluding diaryl/α,β-unsaturated/α-hetero) is 1. The maximum absolute atomic E-state index is 13.5. The van der Waals surface area contributed by atoms with Gasteiger partial charge in [-0.25, -0.2) is 4.79 Å². The van der Waals surface area contributed by atoms with Crippen LogP contribution < -0.4 is 21.7 Å². The van der Waals surface area contributed by atoms with Crippen LogP contribution in [0.4, 0.5) is 4.79 Å². The largest absolute Gasteiger partial charge is 0.358 e. The number of rotatable bonds is 12. The number of nitrogens with zero attached hydrogens (tertiary/aromatic N) is 1. The smallest absolute Gasteiger partial charge is 0.312 e. The monoisotopic (exact) mass is 621 g/mol. The summed E-state index contributed by atoms with van der Waals surface area (Å²) in [5.41, 5.74) is 4.98. The molecule has 5 amide bonds. The number of amides is 5. The molecule has 0 bridgehead atoms. The van der Waals surface area contributed by atoms with Crippen molar-refractivity contribution in [1.82, 2.24) is 20.9 Å². The Balaban J connectivity index is -0.00000101. The highest BCUT2D eigenvalue weighted by Gasteiger charge is 2.46. The molecule has 44 heavy (non-hydrogen) atoms. The van der Waals surface area contributed by atoms with Crippen LogP contribution >= 0.6 is 0 Å². The Hall–Kier alpha value is -3.35. The number of urea groups is 1. The first kappa shape index (κ1) is 45.1. The second-order valence-electron chi connectivity index (χ2n) is 10.6. The average Bonchev–Trinajstić information content (AvgIpc) is 3.51. The number of primary amides is 1. The Morgan fingerprint density at radius 1 is 1.07 bits per heavy atom. The van der Waals surface area contributed by atoms with Crippen LogP contribution in [0.5, 0.6) is 0 Å². The van der Waals surface area contributed by atoms with Crippen molar-refractivity contribution in [3.8, 4) is 12.3 Å². The van der Waals surface area contributed by atoms with Crippen molar-refractivity contribution in [1.29, 1.82) is 0 Å². The molecule has 3 atom stereocenters. The first-order chi connectivity index (χ1) is 21.0. The Kier molecular flexibility index (Phi) is 29.1. The van der Waals surface area contributed by atoms with E-state index in [9.17, 15) is 24.0 Å². The minimum absolute atomic E-state index is 0.169. The van der Waals surface area contributed by atoms with Gasteiger partial charge in [0.25, 0.3) is 0 Å². The minimum atomic E-state index is -0.770. The van der Waals surface area contributed by atoms with Crippen molar-refractivity contribution >= 4 is 30.0 Å². The van der Waals surface area contributed by atoms with Gasteiger partial charge >= 0.3 is 6.03 Å². The highest BCUT2D eigenvalue weighted by molar-refractivity contribution is 5.94. The van der Waals surface area contributed by atoms with Gasteiger partial charge in [-0.2, -0.15) is 0 Å². The van der Waals surface area contributed by atoms with Gasteiger partial charge in [-0.3, -0.25) is 19.2 Å². The molecule has 0 aromatic rings. The van der Waals surface area contributed by atoms with Crippen LogP contribution in [0.3, 0.4) is 0 Å². The van der Waals surface area contributed by atoms with Gasteiger partial charge in [0.15, 0.2) is 5.78 Å². The molecule has 0 aromatic carbocycles. The molecule has 5 N–H and O–H groups in total. The molecule has 1 saturated heterocycles. The van der Waals surface area contributed by atoms with Gasteiger partial charge in [0.05, 0.1) is 6.04 Å². The third-order valence-electron chi connectivity index (χ3n) is 7.03. The number of carbonyl (C=O) groups excluding carboxylic acids is 5. The van der Waals surface area contributed by atoms with Crippen LogP contribution in [-0.2, 0) is 19.2 Å². The molecule has 1 heterocycles. The number of nitrogens with two attached hydrogens (primary N) is 1. The van der Waals surface area contributed by atoms with E-state index in [-0.39, 0.29) is 17.6 Å². The van der Waals surface area contributed by atoms with Crippen molar-refractivity contribution < 1.29 is 24.0 Å². The van der Waals surface area contributed by atoms with Gasteiger partial charge in [-0.15, -0.1) is 18.9 Å². The Morgan fingerprint density at radius 2 is 1.64 bits per heavy atom. The predicted octanol–water partition coefficient (Wildman–Crippen LogP) is 5.25. The normalized spacial score (nSPS) is 17.2. The second-order valence-corrected chi connectivity index (χ2v) is 10.6. The third-order valence-corrected chi connectivity index (χ3v) is 7.03. The van der Waals surface area contributed by atoms with Crippen molar-refractivity contribution in [3.05, 3.63) is 12.7 Å². The fourth-order valence-corrected chi connectivity index (χ4v) is 4.91. The topological polar surface area (TPSA) is 151 Å². The van der Waals surface area contributed by atoms with Gasteiger partial charge in [-0.1, -0.05) is 80.2 Å². The maximum atomic E-state index is 13.5. The lowest BCUT2D eigenvalue weighted by atomic mass is 9.70. The van der Waals surface area contributed by atoms with Gasteiger partial charge < -0.3 is 26.6 Å². The molecule has 10 nitrogen and oxygen atoms in total. The minimum Gasteiger partial charge on any atom is -0.358 e. The van der Waals surface area contributed by atoms with E-state index in [0.29, 0.717) is 45.2 Å². The summed E-state index contributed by atoms with van der Waals surface area (Å²) in [6.07, 6.45) is 16.4. The van der Waals surface area contributed by atoms with Crippen LogP contribution in [0.2, 0.25) is 0 Å². The standard InChI is InChI=1S/C22H34N4O4.C5H9NO.C3H8.2C2H6/c1-4-5-10-16(15(2)27)24-19(28)17-11-9-14-26(17)20(29)18(25-21(23)30)22(3)12-7-6-8-13-22;1-2-3-4-6-5-7;1-3-2;2*1-2/h1,16-18H,5-14H2,2-3H3,(H,24,28)(H3,23,25,30);2,5H,1,3-4H2,(H,6,7);3H2,1-2H3;2*1-2H3. The predicted molar refractivity (Wildman–Crippen MR) is 181 cm³/mol. The summed E-state index contributed by atoms with van der Waals surface area (Å²) in [7, 11) is 0. The number of likely N-dealkylation sites (tertiary alicyclic amines) is 1. The fraction of sp³-hybridized carbons (Fsp3) is 0.735. The molecule has 2 fully saturated rings. The summed E-state index contributed by atoms with van der Waals surface area (Å²) in [5.74, 6) is 1.67. The highest BCUT2D eigenvalue weighted by atomic mass is 16.2. The lowest BCUT2D eigenvalue weighted by Gasteiger charge is -2.42. The molecule has 2 aliphatic rings. The molecule has 2 rings (SSSR count). The first-order valence-electron chi connectivity index (χ1n) is 16.4. The van der Waals surface area contributed by atoms with E-state index in [1.165, 1.54) is 18.2 Å². The van der Waals surface area contributed by atoms with E-state index >= 15 is 0 Å². The number of ketones is 1. The van der Waals surface area contributed by atoms with Crippen molar-refractivity contribution in [2.75, 3.05) is 13.1 Å². The summed E-state index contributed by atoms with van der Waals surface area (Å²) in [6.45, 7) is 20.3. The van der Waals surface area contributed by atoms with Crippen LogP contribution in [-0.4, -0.2) is 66.2 Å². The number of carbonyl (C=O) groups is 5. The Bertz CT molecular complexity index is 857. The van der Waals surface area contributed by atoms with Crippen LogP contribution in [0, 0.1) is 17.8 Å². The number of terminal acetylenes is 1. The van der Waals surface area contributed by atoms with E-state index in [1.807, 2.05) is 34.6 Å². The summed E-state index contributed by atoms with van der Waals surface area (Å²) in [5, 5.41) is 7.91. The molecule has 0 aromatic heterocycles. The zero-order valence-corrected chi connectivity index (χ0v) is 28.9. The lowest BCUT2D eigenvalue weighted by Crippen LogP contribution is -2.60. The van der Waals surface area contributed by atoms with Crippen LogP contribution in [0.25, 0.3) is 0 Å². The third kappa shape index (κ3) is 18.3. The van der Waals surface area contributed by atoms with Crippen molar-refractivity contribution in [2.24, 2.45) is 11.1 Å². The number of hydrogen-bond acceptors (Lipinski definition) is 5. The summed E-state index contributed by atoms with van der Waals surface area (Å²) in [4.78, 5) is 61.0. The quantitative estimate of drug-likeness (QED) is 0.102. The molecular formula is C34H63N5O5. The summed E-state index contributed by atoms with van der Waals surface area (Å²) >= 11 is 0. The molecule has 0 radical (unpaired) electrons. The zero-order valence-electron chi connectivity index (χ0n) is 28.9. The fourth-order valence-electron chi connectivity index (χ4n) is 4.91. The molecule has 1 aliphatic heterocycles. The lowest BCUT2D eigenvalue weighted by molar-refractivity contribution is -0.143. The summed E-state index contributed by atoms with van der Waals surface area (Å²) < 4.78 is 0. The molecule has 3 unspecified atom stereocenters. The zero-order chi connectivity index (χ0) is 34.6. The number of nitrogens with one attached hydrogen (secondary N) is 3.